The zero-order valence-electron chi connectivity index (χ0n) is 26.4. The maximum atomic E-state index is 12.3. The Bertz CT molecular complexity index is 1430. The van der Waals surface area contributed by atoms with Gasteiger partial charge in [0.2, 0.25) is 11.8 Å². The zero-order valence-corrected chi connectivity index (χ0v) is 26.4. The van der Waals surface area contributed by atoms with E-state index in [4.69, 9.17) is 19.4 Å². The molecule has 0 radical (unpaired) electrons. The van der Waals surface area contributed by atoms with E-state index >= 15 is 0 Å². The smallest absolute Gasteiger partial charge is 0.243 e. The predicted octanol–water partition coefficient (Wildman–Crippen LogP) is 4.79. The van der Waals surface area contributed by atoms with Gasteiger partial charge in [0, 0.05) is 51.1 Å². The lowest BCUT2D eigenvalue weighted by molar-refractivity contribution is -0.253. The molecule has 2 heterocycles. The first-order valence-corrected chi connectivity index (χ1v) is 16.1. The van der Waals surface area contributed by atoms with Crippen molar-refractivity contribution in [3.63, 3.8) is 0 Å². The predicted molar refractivity (Wildman–Crippen MR) is 172 cm³/mol. The molecule has 2 aliphatic heterocycles. The highest BCUT2D eigenvalue weighted by Crippen LogP contribution is 2.39. The van der Waals surface area contributed by atoms with Crippen LogP contribution in [0, 0.1) is 0 Å². The standard InChI is InChI=1S/C36H45N3O7/c1-44-24-31-10-5-17-39(31)22-32-20-33(27-15-13-25(23-40)14-16-27)46-36(45-32)30-9-3-8-29(19-30)28-7-2-6-26(18-28)21-37-34(41)11-4-12-35(42)38-43/h2-3,6-9,13-16,18-19,31-33,36,40,43H,4-5,10-12,17,20-24H2,1H3,(H,37,41)(H,38,42)/t31-,32+,33-,36-/m0/s1. The van der Waals surface area contributed by atoms with Gasteiger partial charge in [0.1, 0.15) is 0 Å². The van der Waals surface area contributed by atoms with Gasteiger partial charge < -0.3 is 24.6 Å². The average molecular weight is 632 g/mol. The van der Waals surface area contributed by atoms with Crippen LogP contribution in [-0.4, -0.2) is 66.0 Å². The number of hydroxylamine groups is 1. The minimum Gasteiger partial charge on any atom is -0.392 e. The Morgan fingerprint density at radius 2 is 1.70 bits per heavy atom. The van der Waals surface area contributed by atoms with E-state index in [0.29, 0.717) is 25.6 Å². The number of nitrogens with zero attached hydrogens (tertiary/aromatic N) is 1. The second-order valence-electron chi connectivity index (χ2n) is 12.1. The highest BCUT2D eigenvalue weighted by atomic mass is 16.7. The summed E-state index contributed by atoms with van der Waals surface area (Å²) in [7, 11) is 1.76. The number of hydrogen-bond donors (Lipinski definition) is 4. The van der Waals surface area contributed by atoms with Crippen molar-refractivity contribution < 1.29 is 34.1 Å². The van der Waals surface area contributed by atoms with Gasteiger partial charge in [-0.1, -0.05) is 60.7 Å². The Labute approximate surface area is 270 Å². The number of amides is 2. The lowest BCUT2D eigenvalue weighted by Crippen LogP contribution is -2.42. The Hall–Kier alpha value is -3.64. The third-order valence-electron chi connectivity index (χ3n) is 8.75. The third-order valence-corrected chi connectivity index (χ3v) is 8.75. The van der Waals surface area contributed by atoms with Crippen LogP contribution in [-0.2, 0) is 37.0 Å². The van der Waals surface area contributed by atoms with Crippen LogP contribution in [0.1, 0.15) is 73.2 Å². The maximum absolute atomic E-state index is 12.3. The normalized spacial score (nSPS) is 21.6. The molecule has 10 heteroatoms. The average Bonchev–Trinajstić information content (AvgIpc) is 3.53. The topological polar surface area (TPSA) is 130 Å². The number of carbonyl (C=O) groups excluding carboxylic acids is 2. The van der Waals surface area contributed by atoms with Gasteiger partial charge in [0.05, 0.1) is 25.4 Å². The summed E-state index contributed by atoms with van der Waals surface area (Å²) in [5, 5.41) is 21.0. The van der Waals surface area contributed by atoms with Crippen LogP contribution in [0.5, 0.6) is 0 Å². The number of aliphatic hydroxyl groups excluding tert-OH is 1. The van der Waals surface area contributed by atoms with E-state index < -0.39 is 12.2 Å². The molecule has 0 spiro atoms. The molecule has 0 bridgehead atoms. The number of hydrogen-bond acceptors (Lipinski definition) is 8. The van der Waals surface area contributed by atoms with E-state index in [-0.39, 0.29) is 37.6 Å². The van der Waals surface area contributed by atoms with Crippen molar-refractivity contribution in [2.75, 3.05) is 26.8 Å². The molecule has 2 saturated heterocycles. The molecule has 3 aromatic rings. The molecular formula is C36H45N3O7. The quantitative estimate of drug-likeness (QED) is 0.148. The summed E-state index contributed by atoms with van der Waals surface area (Å²) in [6.07, 6.45) is 2.91. The summed E-state index contributed by atoms with van der Waals surface area (Å²) < 4.78 is 18.8. The summed E-state index contributed by atoms with van der Waals surface area (Å²) in [4.78, 5) is 25.9. The van der Waals surface area contributed by atoms with Gasteiger partial charge in [-0.05, 0) is 65.8 Å². The number of nitrogens with one attached hydrogen (secondary N) is 2. The molecule has 0 aliphatic carbocycles. The van der Waals surface area contributed by atoms with Crippen molar-refractivity contribution in [2.24, 2.45) is 0 Å². The summed E-state index contributed by atoms with van der Waals surface area (Å²) in [5.74, 6) is -0.654. The van der Waals surface area contributed by atoms with Crippen LogP contribution >= 0.6 is 0 Å². The van der Waals surface area contributed by atoms with Crippen LogP contribution in [0.2, 0.25) is 0 Å². The third kappa shape index (κ3) is 9.22. The first kappa shape index (κ1) is 33.7. The Morgan fingerprint density at radius 3 is 2.46 bits per heavy atom. The maximum Gasteiger partial charge on any atom is 0.243 e. The van der Waals surface area contributed by atoms with E-state index in [9.17, 15) is 14.7 Å². The molecule has 0 unspecified atom stereocenters. The molecule has 2 amide bonds. The fourth-order valence-electron chi connectivity index (χ4n) is 6.29. The van der Waals surface area contributed by atoms with Crippen LogP contribution in [0.4, 0.5) is 0 Å². The molecule has 246 valence electrons. The molecule has 4 N–H and O–H groups in total. The fourth-order valence-corrected chi connectivity index (χ4v) is 6.29. The van der Waals surface area contributed by atoms with Crippen molar-refractivity contribution in [2.45, 2.75) is 76.2 Å². The van der Waals surface area contributed by atoms with Crippen molar-refractivity contribution >= 4 is 11.8 Å². The number of methoxy groups -OCH3 is 1. The highest BCUT2D eigenvalue weighted by molar-refractivity contribution is 5.78. The molecule has 3 aromatic carbocycles. The minimum atomic E-state index is -0.555. The molecule has 0 saturated carbocycles. The largest absolute Gasteiger partial charge is 0.392 e. The van der Waals surface area contributed by atoms with Crippen LogP contribution < -0.4 is 10.8 Å². The zero-order chi connectivity index (χ0) is 32.3. The van der Waals surface area contributed by atoms with Crippen molar-refractivity contribution in [1.29, 1.82) is 0 Å². The van der Waals surface area contributed by atoms with E-state index in [0.717, 1.165) is 65.7 Å². The molecule has 0 aromatic heterocycles. The molecule has 46 heavy (non-hydrogen) atoms. The highest BCUT2D eigenvalue weighted by Gasteiger charge is 2.35. The minimum absolute atomic E-state index is 0.00187. The number of rotatable bonds is 14. The van der Waals surface area contributed by atoms with Gasteiger partial charge >= 0.3 is 0 Å². The number of benzene rings is 3. The second kappa shape index (κ2) is 16.8. The molecule has 5 rings (SSSR count). The van der Waals surface area contributed by atoms with Gasteiger partial charge in [-0.15, -0.1) is 0 Å². The lowest BCUT2D eigenvalue weighted by atomic mass is 9.98. The van der Waals surface area contributed by atoms with Crippen molar-refractivity contribution in [1.82, 2.24) is 15.7 Å². The number of likely N-dealkylation sites (tertiary alicyclic amines) is 1. The van der Waals surface area contributed by atoms with Crippen LogP contribution in [0.15, 0.2) is 72.8 Å². The van der Waals surface area contributed by atoms with Crippen LogP contribution in [0.25, 0.3) is 11.1 Å². The first-order valence-electron chi connectivity index (χ1n) is 16.1. The Morgan fingerprint density at radius 1 is 0.935 bits per heavy atom. The lowest BCUT2D eigenvalue weighted by Gasteiger charge is -2.39. The second-order valence-corrected chi connectivity index (χ2v) is 12.1. The molecule has 2 fully saturated rings. The molecule has 10 nitrogen and oxygen atoms in total. The van der Waals surface area contributed by atoms with Gasteiger partial charge in [0.25, 0.3) is 0 Å². The fraction of sp³-hybridized carbons (Fsp3) is 0.444. The number of carbonyl (C=O) groups is 2. The van der Waals surface area contributed by atoms with Crippen molar-refractivity contribution in [3.8, 4) is 11.1 Å². The molecule has 4 atom stereocenters. The Kier molecular flexibility index (Phi) is 12.3. The Balaban J connectivity index is 1.29. The first-order chi connectivity index (χ1) is 22.4. The van der Waals surface area contributed by atoms with Crippen molar-refractivity contribution in [3.05, 3.63) is 95.1 Å². The number of aliphatic hydroxyl groups is 1. The number of ether oxygens (including phenoxy) is 3. The molecule has 2 aliphatic rings. The van der Waals surface area contributed by atoms with E-state index in [2.05, 4.69) is 28.4 Å². The van der Waals surface area contributed by atoms with Gasteiger partial charge in [-0.3, -0.25) is 19.7 Å². The van der Waals surface area contributed by atoms with Crippen LogP contribution in [0.3, 0.4) is 0 Å². The van der Waals surface area contributed by atoms with Gasteiger partial charge in [0.15, 0.2) is 6.29 Å². The molecular weight excluding hydrogens is 586 g/mol. The summed E-state index contributed by atoms with van der Waals surface area (Å²) >= 11 is 0. The van der Waals surface area contributed by atoms with Gasteiger partial charge in [-0.2, -0.15) is 0 Å². The van der Waals surface area contributed by atoms with E-state index in [1.165, 1.54) is 0 Å². The van der Waals surface area contributed by atoms with E-state index in [1.807, 2.05) is 54.6 Å². The summed E-state index contributed by atoms with van der Waals surface area (Å²) in [6, 6.07) is 24.6. The van der Waals surface area contributed by atoms with Gasteiger partial charge in [-0.25, -0.2) is 5.48 Å². The SMILES string of the molecule is COC[C@@H]1CCCN1C[C@H]1C[C@@H](c2ccc(CO)cc2)O[C@@H](c2cccc(-c3cccc(CNC(=O)CCCC(=O)NO)c3)c2)O1. The summed E-state index contributed by atoms with van der Waals surface area (Å²) in [5.41, 5.74) is 7.42. The monoisotopic (exact) mass is 631 g/mol. The summed E-state index contributed by atoms with van der Waals surface area (Å²) in [6.45, 7) is 2.92. The van der Waals surface area contributed by atoms with E-state index in [1.54, 1.807) is 12.6 Å².